The maximum atomic E-state index is 10.6. The Bertz CT molecular complexity index is 413. The molecule has 1 nitrogen and oxygen atoms in total. The third-order valence-corrected chi connectivity index (χ3v) is 3.29. The van der Waals surface area contributed by atoms with E-state index in [-0.39, 0.29) is 5.92 Å². The smallest absolute Gasteiger partial charge is 0.153 e. The molecule has 2 rings (SSSR count). The van der Waals surface area contributed by atoms with Crippen LogP contribution in [0.1, 0.15) is 24.8 Å². The molecule has 16 heavy (non-hydrogen) atoms. The van der Waals surface area contributed by atoms with Gasteiger partial charge in [-0.15, -0.1) is 6.42 Å². The zero-order valence-electron chi connectivity index (χ0n) is 9.26. The van der Waals surface area contributed by atoms with Crippen LogP contribution in [-0.4, -0.2) is 5.11 Å². The quantitative estimate of drug-likeness (QED) is 0.590. The summed E-state index contributed by atoms with van der Waals surface area (Å²) >= 11 is 0. The fourth-order valence-electron chi connectivity index (χ4n) is 2.30. The first-order chi connectivity index (χ1) is 7.77. The number of rotatable bonds is 2. The summed E-state index contributed by atoms with van der Waals surface area (Å²) in [5.41, 5.74) is -0.288. The monoisotopic (exact) mass is 212 g/mol. The van der Waals surface area contributed by atoms with Gasteiger partial charge < -0.3 is 5.11 Å². The Morgan fingerprint density at radius 2 is 2.00 bits per heavy atom. The first-order valence-corrected chi connectivity index (χ1v) is 5.68. The lowest BCUT2D eigenvalue weighted by Crippen LogP contribution is -2.34. The van der Waals surface area contributed by atoms with Crippen molar-refractivity contribution in [3.63, 3.8) is 0 Å². The second-order valence-corrected chi connectivity index (χ2v) is 4.26. The molecule has 0 aromatic heterocycles. The Kier molecular flexibility index (Phi) is 3.12. The van der Waals surface area contributed by atoms with Crippen LogP contribution in [0.4, 0.5) is 0 Å². The van der Waals surface area contributed by atoms with E-state index in [1.807, 2.05) is 30.3 Å². The highest BCUT2D eigenvalue weighted by molar-refractivity contribution is 5.32. The lowest BCUT2D eigenvalue weighted by Gasteiger charge is -2.33. The molecular formula is C15H16O. The molecule has 0 amide bonds. The van der Waals surface area contributed by atoms with Crippen LogP contribution >= 0.6 is 0 Å². The fraction of sp³-hybridized carbons (Fsp3) is 0.333. The van der Waals surface area contributed by atoms with Gasteiger partial charge in [0.25, 0.3) is 0 Å². The van der Waals surface area contributed by atoms with Crippen LogP contribution in [0, 0.1) is 18.3 Å². The molecule has 1 aliphatic rings. The Balaban J connectivity index is 2.33. The van der Waals surface area contributed by atoms with E-state index in [9.17, 15) is 5.11 Å². The van der Waals surface area contributed by atoms with Crippen molar-refractivity contribution < 1.29 is 5.11 Å². The Labute approximate surface area is 96.8 Å². The summed E-state index contributed by atoms with van der Waals surface area (Å²) in [7, 11) is 0. The van der Waals surface area contributed by atoms with Crippen LogP contribution in [0.3, 0.4) is 0 Å². The summed E-state index contributed by atoms with van der Waals surface area (Å²) in [5.74, 6) is 2.72. The predicted octanol–water partition coefficient (Wildman–Crippen LogP) is 2.86. The summed E-state index contributed by atoms with van der Waals surface area (Å²) in [4.78, 5) is 0. The second kappa shape index (κ2) is 4.55. The second-order valence-electron chi connectivity index (χ2n) is 4.26. The topological polar surface area (TPSA) is 20.2 Å². The van der Waals surface area contributed by atoms with Gasteiger partial charge in [0.15, 0.2) is 5.60 Å². The molecule has 0 saturated heterocycles. The average molecular weight is 212 g/mol. The first kappa shape index (κ1) is 11.0. The van der Waals surface area contributed by atoms with Gasteiger partial charge in [0.05, 0.1) is 0 Å². The van der Waals surface area contributed by atoms with Gasteiger partial charge in [-0.2, -0.15) is 0 Å². The van der Waals surface area contributed by atoms with E-state index in [1.165, 1.54) is 0 Å². The molecule has 0 radical (unpaired) electrons. The Morgan fingerprint density at radius 1 is 1.25 bits per heavy atom. The van der Waals surface area contributed by atoms with Crippen LogP contribution in [0.5, 0.6) is 0 Å². The van der Waals surface area contributed by atoms with Gasteiger partial charge in [-0.25, -0.2) is 0 Å². The molecule has 1 aromatic rings. The van der Waals surface area contributed by atoms with E-state index < -0.39 is 5.60 Å². The average Bonchev–Trinajstić information content (AvgIpc) is 2.40. The molecule has 0 bridgehead atoms. The van der Waals surface area contributed by atoms with E-state index >= 15 is 0 Å². The summed E-state index contributed by atoms with van der Waals surface area (Å²) in [6.07, 6.45) is 12.6. The molecule has 0 fully saturated rings. The molecular weight excluding hydrogens is 196 g/mol. The number of terminal acetylenes is 1. The third kappa shape index (κ3) is 1.89. The van der Waals surface area contributed by atoms with Crippen LogP contribution in [0.25, 0.3) is 0 Å². The Morgan fingerprint density at radius 3 is 2.56 bits per heavy atom. The molecule has 0 spiro atoms. The van der Waals surface area contributed by atoms with Crippen LogP contribution < -0.4 is 0 Å². The minimum absolute atomic E-state index is 0.130. The Hall–Kier alpha value is -1.52. The highest BCUT2D eigenvalue weighted by atomic mass is 16.3. The molecule has 1 heteroatoms. The molecule has 2 atom stereocenters. The van der Waals surface area contributed by atoms with E-state index in [1.54, 1.807) is 0 Å². The van der Waals surface area contributed by atoms with Gasteiger partial charge in [0, 0.05) is 5.92 Å². The van der Waals surface area contributed by atoms with Crippen molar-refractivity contribution >= 4 is 0 Å². The van der Waals surface area contributed by atoms with Crippen molar-refractivity contribution in [3.05, 3.63) is 48.0 Å². The normalized spacial score (nSPS) is 23.4. The minimum Gasteiger partial charge on any atom is -0.373 e. The van der Waals surface area contributed by atoms with Gasteiger partial charge in [-0.3, -0.25) is 0 Å². The van der Waals surface area contributed by atoms with Crippen molar-refractivity contribution in [3.8, 4) is 12.3 Å². The standard InChI is InChI=1S/C15H16O/c1-2-15(16,13-9-5-3-6-10-13)14-11-7-4-8-12-14/h1,3-7,9-10,14,16H,8,11-12H2. The maximum Gasteiger partial charge on any atom is 0.153 e. The predicted molar refractivity (Wildman–Crippen MR) is 65.7 cm³/mol. The van der Waals surface area contributed by atoms with E-state index in [2.05, 4.69) is 18.1 Å². The van der Waals surface area contributed by atoms with Gasteiger partial charge in [0.1, 0.15) is 0 Å². The van der Waals surface area contributed by atoms with Crippen molar-refractivity contribution in [2.45, 2.75) is 24.9 Å². The van der Waals surface area contributed by atoms with Crippen LogP contribution in [0.15, 0.2) is 42.5 Å². The largest absolute Gasteiger partial charge is 0.373 e. The molecule has 1 aromatic carbocycles. The number of allylic oxidation sites excluding steroid dienone is 2. The lowest BCUT2D eigenvalue weighted by atomic mass is 9.76. The zero-order valence-corrected chi connectivity index (χ0v) is 9.26. The number of benzene rings is 1. The summed E-state index contributed by atoms with van der Waals surface area (Å²) in [5, 5.41) is 10.6. The van der Waals surface area contributed by atoms with Gasteiger partial charge >= 0.3 is 0 Å². The molecule has 82 valence electrons. The molecule has 2 unspecified atom stereocenters. The van der Waals surface area contributed by atoms with Crippen molar-refractivity contribution in [1.29, 1.82) is 0 Å². The third-order valence-electron chi connectivity index (χ3n) is 3.29. The van der Waals surface area contributed by atoms with Crippen molar-refractivity contribution in [2.24, 2.45) is 5.92 Å². The van der Waals surface area contributed by atoms with Crippen molar-refractivity contribution in [1.82, 2.24) is 0 Å². The molecule has 0 heterocycles. The van der Waals surface area contributed by atoms with Gasteiger partial charge in [-0.05, 0) is 24.8 Å². The van der Waals surface area contributed by atoms with Gasteiger partial charge in [0.2, 0.25) is 0 Å². The van der Waals surface area contributed by atoms with Crippen molar-refractivity contribution in [2.75, 3.05) is 0 Å². The van der Waals surface area contributed by atoms with Crippen LogP contribution in [0.2, 0.25) is 0 Å². The maximum absolute atomic E-state index is 10.6. The SMILES string of the molecule is C#CC(O)(c1ccccc1)C1CC=CCC1. The summed E-state index contributed by atoms with van der Waals surface area (Å²) in [6.45, 7) is 0. The molecule has 1 N–H and O–H groups in total. The lowest BCUT2D eigenvalue weighted by molar-refractivity contribution is 0.0296. The first-order valence-electron chi connectivity index (χ1n) is 5.68. The number of aliphatic hydroxyl groups is 1. The van der Waals surface area contributed by atoms with Crippen LogP contribution in [-0.2, 0) is 5.60 Å². The van der Waals surface area contributed by atoms with E-state index in [0.29, 0.717) is 0 Å². The minimum atomic E-state index is -1.12. The molecule has 0 saturated carbocycles. The molecule has 1 aliphatic carbocycles. The van der Waals surface area contributed by atoms with E-state index in [0.717, 1.165) is 24.8 Å². The number of hydrogen-bond donors (Lipinski definition) is 1. The fourth-order valence-corrected chi connectivity index (χ4v) is 2.30. The zero-order chi connectivity index (χ0) is 11.4. The highest BCUT2D eigenvalue weighted by Crippen LogP contribution is 2.36. The summed E-state index contributed by atoms with van der Waals surface area (Å²) in [6, 6.07) is 9.56. The molecule has 0 aliphatic heterocycles. The highest BCUT2D eigenvalue weighted by Gasteiger charge is 2.36. The number of hydrogen-bond acceptors (Lipinski definition) is 1. The summed E-state index contributed by atoms with van der Waals surface area (Å²) < 4.78 is 0. The van der Waals surface area contributed by atoms with Gasteiger partial charge in [-0.1, -0.05) is 48.4 Å². The van der Waals surface area contributed by atoms with E-state index in [4.69, 9.17) is 6.42 Å².